The molecular formula is C19H19FN4O. The molecule has 0 atom stereocenters. The second-order valence-electron chi connectivity index (χ2n) is 5.52. The minimum Gasteiger partial charge on any atom is -0.497 e. The summed E-state index contributed by atoms with van der Waals surface area (Å²) in [6.45, 7) is 2.44. The van der Waals surface area contributed by atoms with Crippen molar-refractivity contribution in [3.63, 3.8) is 0 Å². The molecule has 0 bridgehead atoms. The highest BCUT2D eigenvalue weighted by molar-refractivity contribution is 5.59. The third-order valence-corrected chi connectivity index (χ3v) is 3.57. The molecule has 0 amide bonds. The Morgan fingerprint density at radius 2 is 1.76 bits per heavy atom. The minimum atomic E-state index is -0.298. The lowest BCUT2D eigenvalue weighted by atomic mass is 10.2. The molecule has 2 N–H and O–H groups in total. The summed E-state index contributed by atoms with van der Waals surface area (Å²) >= 11 is 0. The van der Waals surface area contributed by atoms with Crippen molar-refractivity contribution in [2.24, 2.45) is 0 Å². The number of rotatable bonds is 6. The first-order valence-electron chi connectivity index (χ1n) is 7.87. The fourth-order valence-corrected chi connectivity index (χ4v) is 2.37. The molecule has 128 valence electrons. The molecule has 25 heavy (non-hydrogen) atoms. The second kappa shape index (κ2) is 7.61. The van der Waals surface area contributed by atoms with Gasteiger partial charge in [-0.05, 0) is 42.8 Å². The zero-order valence-electron chi connectivity index (χ0n) is 14.1. The predicted octanol–water partition coefficient (Wildman–Crippen LogP) is 4.29. The number of hydrogen-bond donors (Lipinski definition) is 2. The van der Waals surface area contributed by atoms with Gasteiger partial charge in [0.25, 0.3) is 0 Å². The number of methoxy groups -OCH3 is 1. The Balaban J connectivity index is 1.70. The van der Waals surface area contributed by atoms with E-state index in [-0.39, 0.29) is 5.82 Å². The SMILES string of the molecule is COc1ccc(CNc2cc(Nc3cccc(F)c3)nc(C)n2)cc1. The van der Waals surface area contributed by atoms with E-state index in [1.807, 2.05) is 31.2 Å². The lowest BCUT2D eigenvalue weighted by Gasteiger charge is -2.11. The van der Waals surface area contributed by atoms with Crippen LogP contribution in [0.15, 0.2) is 54.6 Å². The first-order valence-corrected chi connectivity index (χ1v) is 7.87. The van der Waals surface area contributed by atoms with E-state index in [1.54, 1.807) is 25.3 Å². The van der Waals surface area contributed by atoms with E-state index in [0.717, 1.165) is 11.3 Å². The van der Waals surface area contributed by atoms with Crippen LogP contribution < -0.4 is 15.4 Å². The van der Waals surface area contributed by atoms with E-state index >= 15 is 0 Å². The lowest BCUT2D eigenvalue weighted by molar-refractivity contribution is 0.414. The van der Waals surface area contributed by atoms with Gasteiger partial charge < -0.3 is 15.4 Å². The maximum absolute atomic E-state index is 13.3. The molecule has 0 saturated carbocycles. The molecule has 1 heterocycles. The third-order valence-electron chi connectivity index (χ3n) is 3.57. The van der Waals surface area contributed by atoms with Crippen molar-refractivity contribution in [2.75, 3.05) is 17.7 Å². The Labute approximate surface area is 145 Å². The third kappa shape index (κ3) is 4.67. The largest absolute Gasteiger partial charge is 0.497 e. The van der Waals surface area contributed by atoms with Gasteiger partial charge in [0, 0.05) is 18.3 Å². The van der Waals surface area contributed by atoms with E-state index in [2.05, 4.69) is 20.6 Å². The molecule has 1 aromatic heterocycles. The number of hydrogen-bond acceptors (Lipinski definition) is 5. The van der Waals surface area contributed by atoms with Crippen LogP contribution in [0, 0.1) is 12.7 Å². The monoisotopic (exact) mass is 338 g/mol. The standard InChI is InChI=1S/C19H19FN4O/c1-13-22-18(21-12-14-6-8-17(25-2)9-7-14)11-19(23-13)24-16-5-3-4-15(20)10-16/h3-11H,12H2,1-2H3,(H2,21,22,23,24). The Morgan fingerprint density at radius 3 is 2.48 bits per heavy atom. The highest BCUT2D eigenvalue weighted by Crippen LogP contribution is 2.19. The van der Waals surface area contributed by atoms with Crippen molar-refractivity contribution in [2.45, 2.75) is 13.5 Å². The van der Waals surface area contributed by atoms with E-state index in [4.69, 9.17) is 4.74 Å². The molecule has 5 nitrogen and oxygen atoms in total. The van der Waals surface area contributed by atoms with Crippen LogP contribution in [0.1, 0.15) is 11.4 Å². The first kappa shape index (κ1) is 16.7. The van der Waals surface area contributed by atoms with Gasteiger partial charge in [0.1, 0.15) is 29.0 Å². The van der Waals surface area contributed by atoms with Crippen LogP contribution in [0.5, 0.6) is 5.75 Å². The highest BCUT2D eigenvalue weighted by Gasteiger charge is 2.04. The summed E-state index contributed by atoms with van der Waals surface area (Å²) in [4.78, 5) is 8.72. The van der Waals surface area contributed by atoms with E-state index < -0.39 is 0 Å². The molecule has 0 unspecified atom stereocenters. The first-order chi connectivity index (χ1) is 12.1. The predicted molar refractivity (Wildman–Crippen MR) is 96.8 cm³/mol. The summed E-state index contributed by atoms with van der Waals surface area (Å²) in [5.41, 5.74) is 1.75. The molecule has 0 saturated heterocycles. The lowest BCUT2D eigenvalue weighted by Crippen LogP contribution is -2.05. The van der Waals surface area contributed by atoms with Gasteiger partial charge in [0.2, 0.25) is 0 Å². The number of halogens is 1. The van der Waals surface area contributed by atoms with Crippen LogP contribution in [-0.4, -0.2) is 17.1 Å². The van der Waals surface area contributed by atoms with Crippen LogP contribution in [0.2, 0.25) is 0 Å². The molecule has 0 aliphatic rings. The van der Waals surface area contributed by atoms with Gasteiger partial charge in [-0.2, -0.15) is 0 Å². The van der Waals surface area contributed by atoms with Crippen LogP contribution in [0.25, 0.3) is 0 Å². The quantitative estimate of drug-likeness (QED) is 0.702. The minimum absolute atomic E-state index is 0.298. The van der Waals surface area contributed by atoms with Gasteiger partial charge in [-0.1, -0.05) is 18.2 Å². The molecule has 6 heteroatoms. The average Bonchev–Trinajstić information content (AvgIpc) is 2.60. The zero-order chi connectivity index (χ0) is 17.6. The second-order valence-corrected chi connectivity index (χ2v) is 5.52. The van der Waals surface area contributed by atoms with Crippen LogP contribution in [0.4, 0.5) is 21.7 Å². The van der Waals surface area contributed by atoms with Crippen LogP contribution >= 0.6 is 0 Å². The number of aromatic nitrogens is 2. The number of aryl methyl sites for hydroxylation is 1. The molecule has 0 aliphatic heterocycles. The Hall–Kier alpha value is -3.15. The van der Waals surface area contributed by atoms with Crippen molar-refractivity contribution >= 4 is 17.3 Å². The van der Waals surface area contributed by atoms with E-state index in [0.29, 0.717) is 29.7 Å². The maximum atomic E-state index is 13.3. The number of nitrogens with zero attached hydrogens (tertiary/aromatic N) is 2. The molecule has 0 fully saturated rings. The molecule has 0 aliphatic carbocycles. The zero-order valence-corrected chi connectivity index (χ0v) is 14.1. The Bertz CT molecular complexity index is 852. The van der Waals surface area contributed by atoms with Crippen LogP contribution in [-0.2, 0) is 6.54 Å². The summed E-state index contributed by atoms with van der Waals surface area (Å²) in [5.74, 6) is 2.45. The fraction of sp³-hybridized carbons (Fsp3) is 0.158. The van der Waals surface area contributed by atoms with Gasteiger partial charge in [-0.15, -0.1) is 0 Å². The molecule has 2 aromatic carbocycles. The van der Waals surface area contributed by atoms with Gasteiger partial charge in [0.05, 0.1) is 7.11 Å². The highest BCUT2D eigenvalue weighted by atomic mass is 19.1. The summed E-state index contributed by atoms with van der Waals surface area (Å²) < 4.78 is 18.4. The van der Waals surface area contributed by atoms with Crippen molar-refractivity contribution in [3.8, 4) is 5.75 Å². The summed E-state index contributed by atoms with van der Waals surface area (Å²) in [6.07, 6.45) is 0. The molecule has 0 radical (unpaired) electrons. The summed E-state index contributed by atoms with van der Waals surface area (Å²) in [5, 5.41) is 6.36. The fourth-order valence-electron chi connectivity index (χ4n) is 2.37. The van der Waals surface area contributed by atoms with Gasteiger partial charge >= 0.3 is 0 Å². The van der Waals surface area contributed by atoms with Crippen molar-refractivity contribution in [1.29, 1.82) is 0 Å². The Kier molecular flexibility index (Phi) is 5.09. The summed E-state index contributed by atoms with van der Waals surface area (Å²) in [6, 6.07) is 15.9. The molecular weight excluding hydrogens is 319 g/mol. The molecule has 3 rings (SSSR count). The van der Waals surface area contributed by atoms with Gasteiger partial charge in [0.15, 0.2) is 0 Å². The topological polar surface area (TPSA) is 59.1 Å². The normalized spacial score (nSPS) is 10.4. The van der Waals surface area contributed by atoms with Crippen molar-refractivity contribution < 1.29 is 9.13 Å². The number of anilines is 3. The van der Waals surface area contributed by atoms with E-state index in [1.165, 1.54) is 12.1 Å². The van der Waals surface area contributed by atoms with E-state index in [9.17, 15) is 4.39 Å². The number of nitrogens with one attached hydrogen (secondary N) is 2. The smallest absolute Gasteiger partial charge is 0.136 e. The number of ether oxygens (including phenoxy) is 1. The van der Waals surface area contributed by atoms with Crippen LogP contribution in [0.3, 0.4) is 0 Å². The average molecular weight is 338 g/mol. The maximum Gasteiger partial charge on any atom is 0.136 e. The number of benzene rings is 2. The summed E-state index contributed by atoms with van der Waals surface area (Å²) in [7, 11) is 1.64. The Morgan fingerprint density at radius 1 is 1.00 bits per heavy atom. The van der Waals surface area contributed by atoms with Gasteiger partial charge in [-0.3, -0.25) is 0 Å². The van der Waals surface area contributed by atoms with Crippen molar-refractivity contribution in [3.05, 3.63) is 71.8 Å². The van der Waals surface area contributed by atoms with Crippen molar-refractivity contribution in [1.82, 2.24) is 9.97 Å². The molecule has 0 spiro atoms. The molecule has 3 aromatic rings. The van der Waals surface area contributed by atoms with Gasteiger partial charge in [-0.25, -0.2) is 14.4 Å².